The van der Waals surface area contributed by atoms with Gasteiger partial charge in [0.1, 0.15) is 0 Å². The Morgan fingerprint density at radius 1 is 1.45 bits per heavy atom. The van der Waals surface area contributed by atoms with Crippen LogP contribution < -0.4 is 10.5 Å². The first-order valence-electron chi connectivity index (χ1n) is 6.29. The molecule has 0 bridgehead atoms. The van der Waals surface area contributed by atoms with Crippen LogP contribution in [0.2, 0.25) is 0 Å². The first kappa shape index (κ1) is 16.5. The lowest BCUT2D eigenvalue weighted by Gasteiger charge is -2.16. The van der Waals surface area contributed by atoms with Crippen LogP contribution in [0.1, 0.15) is 25.3 Å². The van der Waals surface area contributed by atoms with Crippen LogP contribution in [0.4, 0.5) is 5.69 Å². The Balaban J connectivity index is 3.09. The number of hydrogen-bond donors (Lipinski definition) is 2. The summed E-state index contributed by atoms with van der Waals surface area (Å²) in [6.45, 7) is 3.66. The van der Waals surface area contributed by atoms with Crippen LogP contribution in [-0.4, -0.2) is 25.9 Å². The summed E-state index contributed by atoms with van der Waals surface area (Å²) in [6, 6.07) is 3.47. The minimum Gasteiger partial charge on any atom is -0.329 e. The van der Waals surface area contributed by atoms with Crippen molar-refractivity contribution in [2.45, 2.75) is 37.6 Å². The molecular weight excluding hydrogens is 282 g/mol. The van der Waals surface area contributed by atoms with E-state index in [1.54, 1.807) is 6.92 Å². The van der Waals surface area contributed by atoms with Gasteiger partial charge in [-0.25, -0.2) is 13.1 Å². The molecule has 1 rings (SSSR count). The van der Waals surface area contributed by atoms with E-state index in [2.05, 4.69) is 4.72 Å². The highest BCUT2D eigenvalue weighted by Crippen LogP contribution is 2.22. The van der Waals surface area contributed by atoms with Crippen molar-refractivity contribution in [3.63, 3.8) is 0 Å². The van der Waals surface area contributed by atoms with Gasteiger partial charge in [0.2, 0.25) is 10.0 Å². The normalized spacial score (nSPS) is 13.2. The number of nitro benzene ring substituents is 1. The summed E-state index contributed by atoms with van der Waals surface area (Å²) < 4.78 is 26.8. The van der Waals surface area contributed by atoms with Gasteiger partial charge in [0.05, 0.1) is 9.82 Å². The summed E-state index contributed by atoms with van der Waals surface area (Å²) in [5.41, 5.74) is 5.71. The molecule has 0 saturated carbocycles. The number of sulfonamides is 1. The monoisotopic (exact) mass is 301 g/mol. The van der Waals surface area contributed by atoms with Crippen LogP contribution in [0.5, 0.6) is 0 Å². The van der Waals surface area contributed by atoms with Crippen molar-refractivity contribution in [2.24, 2.45) is 5.73 Å². The zero-order chi connectivity index (χ0) is 15.3. The molecule has 0 spiro atoms. The van der Waals surface area contributed by atoms with Crippen molar-refractivity contribution in [1.29, 1.82) is 0 Å². The minimum atomic E-state index is -3.80. The lowest BCUT2D eigenvalue weighted by atomic mass is 10.2. The van der Waals surface area contributed by atoms with E-state index in [0.717, 1.165) is 12.5 Å². The topological polar surface area (TPSA) is 115 Å². The highest BCUT2D eigenvalue weighted by molar-refractivity contribution is 7.89. The standard InChI is InChI=1S/C12H19N3O4S/c1-3-4-10(8-13)14-20(18,19)11-6-5-9(2)12(7-11)15(16)17/h5-7,10,14H,3-4,8,13H2,1-2H3. The van der Waals surface area contributed by atoms with Crippen molar-refractivity contribution in [2.75, 3.05) is 6.54 Å². The van der Waals surface area contributed by atoms with Gasteiger partial charge in [-0.15, -0.1) is 0 Å². The Labute approximate surface area is 118 Å². The Morgan fingerprint density at radius 2 is 2.10 bits per heavy atom. The second-order valence-electron chi connectivity index (χ2n) is 4.55. The van der Waals surface area contributed by atoms with Crippen LogP contribution in [0.15, 0.2) is 23.1 Å². The molecule has 0 aliphatic rings. The van der Waals surface area contributed by atoms with Gasteiger partial charge in [0, 0.05) is 24.2 Å². The fourth-order valence-electron chi connectivity index (χ4n) is 1.81. The summed E-state index contributed by atoms with van der Waals surface area (Å²) >= 11 is 0. The molecule has 0 aliphatic carbocycles. The SMILES string of the molecule is CCCC(CN)NS(=O)(=O)c1ccc(C)c([N+](=O)[O-])c1. The quantitative estimate of drug-likeness (QED) is 0.582. The van der Waals surface area contributed by atoms with Crippen LogP contribution in [0.25, 0.3) is 0 Å². The van der Waals surface area contributed by atoms with Gasteiger partial charge < -0.3 is 5.73 Å². The predicted octanol–water partition coefficient (Wildman–Crippen LogP) is 1.31. The van der Waals surface area contributed by atoms with Crippen molar-refractivity contribution in [1.82, 2.24) is 4.72 Å². The maximum atomic E-state index is 12.2. The number of aryl methyl sites for hydroxylation is 1. The Kier molecular flexibility index (Phi) is 5.61. The molecule has 20 heavy (non-hydrogen) atoms. The average molecular weight is 301 g/mol. The molecule has 1 aromatic carbocycles. The third-order valence-corrected chi connectivity index (χ3v) is 4.45. The van der Waals surface area contributed by atoms with E-state index < -0.39 is 14.9 Å². The molecule has 3 N–H and O–H groups in total. The fraction of sp³-hybridized carbons (Fsp3) is 0.500. The van der Waals surface area contributed by atoms with E-state index >= 15 is 0 Å². The van der Waals surface area contributed by atoms with E-state index in [9.17, 15) is 18.5 Å². The molecule has 0 fully saturated rings. The van der Waals surface area contributed by atoms with Gasteiger partial charge in [-0.05, 0) is 19.4 Å². The van der Waals surface area contributed by atoms with E-state index in [4.69, 9.17) is 5.73 Å². The second kappa shape index (κ2) is 6.78. The second-order valence-corrected chi connectivity index (χ2v) is 6.26. The molecule has 0 saturated heterocycles. The van der Waals surface area contributed by atoms with Crippen molar-refractivity contribution in [3.8, 4) is 0 Å². The van der Waals surface area contributed by atoms with Gasteiger partial charge in [0.25, 0.3) is 5.69 Å². The molecule has 1 atom stereocenters. The van der Waals surface area contributed by atoms with Crippen molar-refractivity contribution < 1.29 is 13.3 Å². The van der Waals surface area contributed by atoms with Gasteiger partial charge in [-0.1, -0.05) is 19.4 Å². The van der Waals surface area contributed by atoms with Crippen LogP contribution in [0.3, 0.4) is 0 Å². The Bertz CT molecular complexity index is 586. The number of nitrogens with zero attached hydrogens (tertiary/aromatic N) is 1. The summed E-state index contributed by atoms with van der Waals surface area (Å²) in [5, 5.41) is 10.9. The fourth-order valence-corrected chi connectivity index (χ4v) is 3.12. The summed E-state index contributed by atoms with van der Waals surface area (Å²) in [4.78, 5) is 10.1. The molecule has 1 unspecified atom stereocenters. The van der Waals surface area contributed by atoms with Gasteiger partial charge in [-0.3, -0.25) is 10.1 Å². The maximum Gasteiger partial charge on any atom is 0.273 e. The first-order chi connectivity index (χ1) is 9.31. The van der Waals surface area contributed by atoms with Gasteiger partial charge in [0.15, 0.2) is 0 Å². The molecule has 1 aromatic rings. The lowest BCUT2D eigenvalue weighted by molar-refractivity contribution is -0.385. The van der Waals surface area contributed by atoms with Crippen LogP contribution >= 0.6 is 0 Å². The Hall–Kier alpha value is -1.51. The van der Waals surface area contributed by atoms with Crippen LogP contribution in [-0.2, 0) is 10.0 Å². The van der Waals surface area contributed by atoms with E-state index in [-0.39, 0.29) is 23.2 Å². The van der Waals surface area contributed by atoms with Crippen LogP contribution in [0, 0.1) is 17.0 Å². The summed E-state index contributed by atoms with van der Waals surface area (Å²) in [6.07, 6.45) is 1.40. The van der Waals surface area contributed by atoms with E-state index in [1.165, 1.54) is 12.1 Å². The van der Waals surface area contributed by atoms with Crippen molar-refractivity contribution >= 4 is 15.7 Å². The summed E-state index contributed by atoms with van der Waals surface area (Å²) in [5.74, 6) is 0. The molecule has 0 amide bonds. The molecule has 7 nitrogen and oxygen atoms in total. The number of rotatable bonds is 7. The Morgan fingerprint density at radius 3 is 2.60 bits per heavy atom. The largest absolute Gasteiger partial charge is 0.329 e. The number of hydrogen-bond acceptors (Lipinski definition) is 5. The van der Waals surface area contributed by atoms with E-state index in [1.807, 2.05) is 6.92 Å². The van der Waals surface area contributed by atoms with Gasteiger partial charge >= 0.3 is 0 Å². The molecule has 0 aliphatic heterocycles. The number of benzene rings is 1. The highest BCUT2D eigenvalue weighted by Gasteiger charge is 2.22. The first-order valence-corrected chi connectivity index (χ1v) is 7.77. The third-order valence-electron chi connectivity index (χ3n) is 2.93. The minimum absolute atomic E-state index is 0.121. The number of nitrogens with two attached hydrogens (primary N) is 1. The molecule has 0 heterocycles. The number of nitro groups is 1. The zero-order valence-electron chi connectivity index (χ0n) is 11.5. The molecule has 112 valence electrons. The van der Waals surface area contributed by atoms with Crippen molar-refractivity contribution in [3.05, 3.63) is 33.9 Å². The van der Waals surface area contributed by atoms with E-state index in [0.29, 0.717) is 12.0 Å². The molecule has 0 radical (unpaired) electrons. The highest BCUT2D eigenvalue weighted by atomic mass is 32.2. The van der Waals surface area contributed by atoms with Gasteiger partial charge in [-0.2, -0.15) is 0 Å². The zero-order valence-corrected chi connectivity index (χ0v) is 12.3. The maximum absolute atomic E-state index is 12.2. The third kappa shape index (κ3) is 3.99. The molecule has 0 aromatic heterocycles. The summed E-state index contributed by atoms with van der Waals surface area (Å²) in [7, 11) is -3.80. The molecule has 8 heteroatoms. The predicted molar refractivity (Wildman–Crippen MR) is 75.9 cm³/mol. The molecular formula is C12H19N3O4S. The lowest BCUT2D eigenvalue weighted by Crippen LogP contribution is -2.40. The average Bonchev–Trinajstić information content (AvgIpc) is 2.37. The smallest absolute Gasteiger partial charge is 0.273 e. The number of nitrogens with one attached hydrogen (secondary N) is 1.